The number of rotatable bonds is 2. The van der Waals surface area contributed by atoms with E-state index in [0.717, 1.165) is 12.2 Å². The minimum absolute atomic E-state index is 0.283. The lowest BCUT2D eigenvalue weighted by atomic mass is 10.2. The van der Waals surface area contributed by atoms with Crippen LogP contribution in [0.25, 0.3) is 0 Å². The first kappa shape index (κ1) is 7.17. The number of allylic oxidation sites excluding steroid dienone is 2. The van der Waals surface area contributed by atoms with Gasteiger partial charge in [0.1, 0.15) is 5.76 Å². The van der Waals surface area contributed by atoms with Crippen molar-refractivity contribution in [2.24, 2.45) is 0 Å². The van der Waals surface area contributed by atoms with Crippen molar-refractivity contribution in [2.75, 3.05) is 0 Å². The lowest BCUT2D eigenvalue weighted by Gasteiger charge is -2.11. The molecule has 10 heavy (non-hydrogen) atoms. The van der Waals surface area contributed by atoms with E-state index in [1.807, 2.05) is 32.1 Å². The van der Waals surface area contributed by atoms with Gasteiger partial charge < -0.3 is 4.74 Å². The molecule has 0 aromatic rings. The van der Waals surface area contributed by atoms with Crippen LogP contribution in [0.15, 0.2) is 29.7 Å². The maximum atomic E-state index is 5.45. The third kappa shape index (κ3) is 2.12. The predicted molar refractivity (Wildman–Crippen MR) is 41.6 cm³/mol. The van der Waals surface area contributed by atoms with Gasteiger partial charge in [0.2, 0.25) is 0 Å². The van der Waals surface area contributed by atoms with E-state index in [1.54, 1.807) is 0 Å². The van der Waals surface area contributed by atoms with E-state index >= 15 is 0 Å². The Labute approximate surface area is 61.7 Å². The molecule has 0 radical (unpaired) electrons. The van der Waals surface area contributed by atoms with Gasteiger partial charge in [-0.15, -0.1) is 5.73 Å². The molecule has 0 atom stereocenters. The molecule has 0 fully saturated rings. The molecule has 0 aromatic carbocycles. The van der Waals surface area contributed by atoms with Crippen LogP contribution in [0.5, 0.6) is 0 Å². The van der Waals surface area contributed by atoms with Gasteiger partial charge in [-0.05, 0) is 32.1 Å². The molecule has 1 rings (SSSR count). The summed E-state index contributed by atoms with van der Waals surface area (Å²) in [6.45, 7) is 4.06. The highest BCUT2D eigenvalue weighted by Crippen LogP contribution is 2.10. The predicted octanol–water partition coefficient (Wildman–Crippen LogP) is 2.41. The van der Waals surface area contributed by atoms with E-state index in [4.69, 9.17) is 4.74 Å². The van der Waals surface area contributed by atoms with Gasteiger partial charge >= 0.3 is 0 Å². The number of ether oxygens (including phenoxy) is 1. The maximum absolute atomic E-state index is 5.45. The maximum Gasteiger partial charge on any atom is 0.101 e. The van der Waals surface area contributed by atoms with E-state index in [-0.39, 0.29) is 6.10 Å². The Bertz CT molecular complexity index is 193. The van der Waals surface area contributed by atoms with Gasteiger partial charge in [0.15, 0.2) is 0 Å². The highest BCUT2D eigenvalue weighted by molar-refractivity contribution is 5.15. The summed E-state index contributed by atoms with van der Waals surface area (Å²) < 4.78 is 5.45. The highest BCUT2D eigenvalue weighted by atomic mass is 16.5. The second-order valence-corrected chi connectivity index (χ2v) is 2.54. The Hall–Kier alpha value is -0.940. The van der Waals surface area contributed by atoms with Crippen LogP contribution in [0.4, 0.5) is 0 Å². The van der Waals surface area contributed by atoms with Crippen LogP contribution in [0.2, 0.25) is 0 Å². The minimum Gasteiger partial charge on any atom is -0.495 e. The van der Waals surface area contributed by atoms with Crippen LogP contribution in [0.1, 0.15) is 20.3 Å². The smallest absolute Gasteiger partial charge is 0.101 e. The minimum atomic E-state index is 0.283. The lowest BCUT2D eigenvalue weighted by molar-refractivity contribution is 0.143. The second kappa shape index (κ2) is 3.28. The molecule has 54 valence electrons. The van der Waals surface area contributed by atoms with Gasteiger partial charge in [0.25, 0.3) is 0 Å². The van der Waals surface area contributed by atoms with E-state index in [9.17, 15) is 0 Å². The molecule has 0 spiro atoms. The van der Waals surface area contributed by atoms with Crippen molar-refractivity contribution in [3.8, 4) is 0 Å². The average molecular weight is 136 g/mol. The molecule has 0 saturated carbocycles. The standard InChI is InChI=1S/C9H12O/c1-8(2)10-9-6-4-3-5-7-9/h4-6,8H,7H2,1-2H3. The molecule has 1 aliphatic carbocycles. The molecule has 0 heterocycles. The molecule has 0 bridgehead atoms. The monoisotopic (exact) mass is 136 g/mol. The zero-order chi connectivity index (χ0) is 7.40. The molecular weight excluding hydrogens is 124 g/mol. The normalized spacial score (nSPS) is 15.7. The topological polar surface area (TPSA) is 9.23 Å². The van der Waals surface area contributed by atoms with Gasteiger partial charge in [0, 0.05) is 6.42 Å². The third-order valence-corrected chi connectivity index (χ3v) is 1.17. The Balaban J connectivity index is 2.45. The van der Waals surface area contributed by atoms with Crippen LogP contribution >= 0.6 is 0 Å². The Kier molecular flexibility index (Phi) is 2.35. The molecule has 1 aliphatic rings. The van der Waals surface area contributed by atoms with Crippen molar-refractivity contribution in [3.63, 3.8) is 0 Å². The zero-order valence-corrected chi connectivity index (χ0v) is 6.42. The average Bonchev–Trinajstić information content (AvgIpc) is 1.88. The fourth-order valence-electron chi connectivity index (χ4n) is 0.827. The van der Waals surface area contributed by atoms with E-state index in [0.29, 0.717) is 0 Å². The van der Waals surface area contributed by atoms with Crippen LogP contribution in [-0.2, 0) is 4.74 Å². The molecule has 0 N–H and O–H groups in total. The molecular formula is C9H12O. The molecule has 1 nitrogen and oxygen atoms in total. The fraction of sp³-hybridized carbons (Fsp3) is 0.444. The first-order valence-corrected chi connectivity index (χ1v) is 3.56. The summed E-state index contributed by atoms with van der Waals surface area (Å²) >= 11 is 0. The molecule has 1 heteroatoms. The van der Waals surface area contributed by atoms with Gasteiger partial charge in [-0.3, -0.25) is 0 Å². The summed E-state index contributed by atoms with van der Waals surface area (Å²) in [6, 6.07) is 0. The third-order valence-electron chi connectivity index (χ3n) is 1.17. The Morgan fingerprint density at radius 1 is 1.60 bits per heavy atom. The van der Waals surface area contributed by atoms with Gasteiger partial charge in [0.05, 0.1) is 6.10 Å². The molecule has 0 unspecified atom stereocenters. The van der Waals surface area contributed by atoms with Crippen molar-refractivity contribution < 1.29 is 4.74 Å². The second-order valence-electron chi connectivity index (χ2n) is 2.54. The van der Waals surface area contributed by atoms with Gasteiger partial charge in [-0.2, -0.15) is 0 Å². The van der Waals surface area contributed by atoms with Crippen LogP contribution in [0.3, 0.4) is 0 Å². The molecule has 0 amide bonds. The molecule has 0 aliphatic heterocycles. The first-order chi connectivity index (χ1) is 4.79. The van der Waals surface area contributed by atoms with Crippen LogP contribution in [-0.4, -0.2) is 6.10 Å². The summed E-state index contributed by atoms with van der Waals surface area (Å²) in [4.78, 5) is 0. The van der Waals surface area contributed by atoms with Crippen LogP contribution < -0.4 is 0 Å². The van der Waals surface area contributed by atoms with Crippen LogP contribution in [0, 0.1) is 0 Å². The van der Waals surface area contributed by atoms with E-state index in [1.165, 1.54) is 0 Å². The fourth-order valence-corrected chi connectivity index (χ4v) is 0.827. The van der Waals surface area contributed by atoms with Crippen molar-refractivity contribution in [1.82, 2.24) is 0 Å². The highest BCUT2D eigenvalue weighted by Gasteiger charge is 1.99. The summed E-state index contributed by atoms with van der Waals surface area (Å²) in [5.74, 6) is 1.04. The largest absolute Gasteiger partial charge is 0.495 e. The van der Waals surface area contributed by atoms with Crippen molar-refractivity contribution in [2.45, 2.75) is 26.4 Å². The SMILES string of the molecule is CC(C)OC1=CC=C=CC1. The Morgan fingerprint density at radius 3 is 2.90 bits per heavy atom. The lowest BCUT2D eigenvalue weighted by Crippen LogP contribution is -2.01. The summed E-state index contributed by atoms with van der Waals surface area (Å²) in [7, 11) is 0. The van der Waals surface area contributed by atoms with Crippen molar-refractivity contribution >= 4 is 0 Å². The quantitative estimate of drug-likeness (QED) is 0.530. The molecule has 0 saturated heterocycles. The van der Waals surface area contributed by atoms with Crippen molar-refractivity contribution in [1.29, 1.82) is 0 Å². The van der Waals surface area contributed by atoms with E-state index < -0.39 is 0 Å². The summed E-state index contributed by atoms with van der Waals surface area (Å²) in [5.41, 5.74) is 2.98. The Morgan fingerprint density at radius 2 is 2.40 bits per heavy atom. The van der Waals surface area contributed by atoms with E-state index in [2.05, 4.69) is 5.73 Å². The zero-order valence-electron chi connectivity index (χ0n) is 6.42. The number of hydrogen-bond acceptors (Lipinski definition) is 1. The van der Waals surface area contributed by atoms with Gasteiger partial charge in [-0.25, -0.2) is 0 Å². The van der Waals surface area contributed by atoms with Crippen molar-refractivity contribution in [3.05, 3.63) is 29.7 Å². The summed E-state index contributed by atoms with van der Waals surface area (Å²) in [5, 5.41) is 0. The molecule has 0 aromatic heterocycles. The van der Waals surface area contributed by atoms with Gasteiger partial charge in [-0.1, -0.05) is 0 Å². The summed E-state index contributed by atoms with van der Waals surface area (Å²) in [6.07, 6.45) is 6.97. The first-order valence-electron chi connectivity index (χ1n) is 3.56. The number of hydrogen-bond donors (Lipinski definition) is 0.